The molecule has 1 saturated heterocycles. The molecule has 0 saturated carbocycles. The van der Waals surface area contributed by atoms with Crippen molar-refractivity contribution in [3.63, 3.8) is 0 Å². The first-order valence-corrected chi connectivity index (χ1v) is 5.69. The summed E-state index contributed by atoms with van der Waals surface area (Å²) in [6.45, 7) is 4.38. The van der Waals surface area contributed by atoms with Crippen molar-refractivity contribution >= 4 is 0 Å². The van der Waals surface area contributed by atoms with E-state index in [1.165, 1.54) is 0 Å². The number of piperidine rings is 1. The molecule has 1 N–H and O–H groups in total. The standard InChI is InChI=1S/C11H20F3N/c1-8(2)3-5-10-6-4-9(7-15-10)11(12,13)14/h8-10,15H,3-7H2,1-2H3. The monoisotopic (exact) mass is 223 g/mol. The Morgan fingerprint density at radius 3 is 2.33 bits per heavy atom. The summed E-state index contributed by atoms with van der Waals surface area (Å²) in [4.78, 5) is 0. The molecule has 1 heterocycles. The van der Waals surface area contributed by atoms with Crippen LogP contribution in [-0.2, 0) is 0 Å². The van der Waals surface area contributed by atoms with Crippen LogP contribution in [0.2, 0.25) is 0 Å². The van der Waals surface area contributed by atoms with Gasteiger partial charge in [0.1, 0.15) is 0 Å². The van der Waals surface area contributed by atoms with E-state index in [1.807, 2.05) is 0 Å². The molecule has 2 unspecified atom stereocenters. The molecule has 0 aromatic rings. The highest BCUT2D eigenvalue weighted by Crippen LogP contribution is 2.32. The average Bonchev–Trinajstić information content (AvgIpc) is 2.14. The third kappa shape index (κ3) is 4.41. The molecule has 0 aliphatic carbocycles. The molecule has 0 amide bonds. The average molecular weight is 223 g/mol. The lowest BCUT2D eigenvalue weighted by atomic mass is 9.91. The molecule has 2 atom stereocenters. The normalized spacial score (nSPS) is 28.4. The van der Waals surface area contributed by atoms with E-state index in [0.29, 0.717) is 24.8 Å². The lowest BCUT2D eigenvalue weighted by Gasteiger charge is -2.31. The van der Waals surface area contributed by atoms with Gasteiger partial charge in [0.05, 0.1) is 5.92 Å². The second-order valence-corrected chi connectivity index (χ2v) is 4.89. The highest BCUT2D eigenvalue weighted by Gasteiger charge is 2.41. The summed E-state index contributed by atoms with van der Waals surface area (Å²) in [5, 5.41) is 3.01. The Kier molecular flexibility index (Phi) is 4.44. The molecule has 0 bridgehead atoms. The van der Waals surface area contributed by atoms with Gasteiger partial charge < -0.3 is 5.32 Å². The van der Waals surface area contributed by atoms with Crippen molar-refractivity contribution in [1.82, 2.24) is 5.32 Å². The van der Waals surface area contributed by atoms with Gasteiger partial charge in [0.15, 0.2) is 0 Å². The molecule has 0 aromatic heterocycles. The molecule has 15 heavy (non-hydrogen) atoms. The SMILES string of the molecule is CC(C)CCC1CCC(C(F)(F)F)CN1. The number of hydrogen-bond donors (Lipinski definition) is 1. The highest BCUT2D eigenvalue weighted by molar-refractivity contribution is 4.81. The minimum absolute atomic E-state index is 0.103. The van der Waals surface area contributed by atoms with E-state index in [2.05, 4.69) is 19.2 Å². The van der Waals surface area contributed by atoms with Crippen molar-refractivity contribution < 1.29 is 13.2 Å². The van der Waals surface area contributed by atoms with Crippen LogP contribution in [0.25, 0.3) is 0 Å². The maximum atomic E-state index is 12.3. The minimum Gasteiger partial charge on any atom is -0.313 e. The van der Waals surface area contributed by atoms with Gasteiger partial charge in [0.2, 0.25) is 0 Å². The Labute approximate surface area is 89.4 Å². The summed E-state index contributed by atoms with van der Waals surface area (Å²) in [7, 11) is 0. The zero-order chi connectivity index (χ0) is 11.5. The first-order valence-electron chi connectivity index (χ1n) is 5.69. The molecular weight excluding hydrogens is 203 g/mol. The van der Waals surface area contributed by atoms with Gasteiger partial charge in [-0.3, -0.25) is 0 Å². The summed E-state index contributed by atoms with van der Waals surface area (Å²) in [5.74, 6) is -0.500. The fraction of sp³-hybridized carbons (Fsp3) is 1.00. The first-order chi connectivity index (χ1) is 6.89. The predicted molar refractivity (Wildman–Crippen MR) is 54.6 cm³/mol. The molecule has 1 aliphatic heterocycles. The number of rotatable bonds is 3. The van der Waals surface area contributed by atoms with E-state index in [-0.39, 0.29) is 6.54 Å². The van der Waals surface area contributed by atoms with Crippen LogP contribution in [0.4, 0.5) is 13.2 Å². The smallest absolute Gasteiger partial charge is 0.313 e. The van der Waals surface area contributed by atoms with E-state index < -0.39 is 12.1 Å². The van der Waals surface area contributed by atoms with E-state index in [4.69, 9.17) is 0 Å². The van der Waals surface area contributed by atoms with E-state index >= 15 is 0 Å². The van der Waals surface area contributed by atoms with Gasteiger partial charge in [0.25, 0.3) is 0 Å². The van der Waals surface area contributed by atoms with Gasteiger partial charge in [-0.05, 0) is 31.6 Å². The minimum atomic E-state index is -4.02. The summed E-state index contributed by atoms with van der Waals surface area (Å²) < 4.78 is 37.0. The molecule has 0 aromatic carbocycles. The maximum Gasteiger partial charge on any atom is 0.393 e. The molecule has 1 aliphatic rings. The Morgan fingerprint density at radius 1 is 1.27 bits per heavy atom. The van der Waals surface area contributed by atoms with Crippen molar-refractivity contribution in [2.75, 3.05) is 6.54 Å². The van der Waals surface area contributed by atoms with Crippen LogP contribution in [0.1, 0.15) is 39.5 Å². The molecule has 1 nitrogen and oxygen atoms in total. The van der Waals surface area contributed by atoms with Crippen LogP contribution in [0.5, 0.6) is 0 Å². The molecule has 0 spiro atoms. The van der Waals surface area contributed by atoms with E-state index in [9.17, 15) is 13.2 Å². The second kappa shape index (κ2) is 5.19. The van der Waals surface area contributed by atoms with Crippen LogP contribution in [0.15, 0.2) is 0 Å². The number of alkyl halides is 3. The van der Waals surface area contributed by atoms with Gasteiger partial charge >= 0.3 is 6.18 Å². The lowest BCUT2D eigenvalue weighted by Crippen LogP contribution is -2.44. The van der Waals surface area contributed by atoms with Crippen molar-refractivity contribution in [1.29, 1.82) is 0 Å². The number of halogens is 3. The molecule has 0 radical (unpaired) electrons. The van der Waals surface area contributed by atoms with Crippen LogP contribution in [0.3, 0.4) is 0 Å². The number of nitrogens with one attached hydrogen (secondary N) is 1. The van der Waals surface area contributed by atoms with Gasteiger partial charge in [0, 0.05) is 12.6 Å². The number of hydrogen-bond acceptors (Lipinski definition) is 1. The topological polar surface area (TPSA) is 12.0 Å². The third-order valence-electron chi connectivity index (χ3n) is 3.07. The van der Waals surface area contributed by atoms with E-state index in [0.717, 1.165) is 12.8 Å². The van der Waals surface area contributed by atoms with E-state index in [1.54, 1.807) is 0 Å². The van der Waals surface area contributed by atoms with Gasteiger partial charge in [-0.15, -0.1) is 0 Å². The van der Waals surface area contributed by atoms with Crippen molar-refractivity contribution in [3.05, 3.63) is 0 Å². The van der Waals surface area contributed by atoms with Crippen LogP contribution >= 0.6 is 0 Å². The highest BCUT2D eigenvalue weighted by atomic mass is 19.4. The zero-order valence-corrected chi connectivity index (χ0v) is 9.40. The Balaban J connectivity index is 2.24. The lowest BCUT2D eigenvalue weighted by molar-refractivity contribution is -0.179. The molecular formula is C11H20F3N. The van der Waals surface area contributed by atoms with Crippen LogP contribution in [0, 0.1) is 11.8 Å². The van der Waals surface area contributed by atoms with Gasteiger partial charge in [-0.1, -0.05) is 13.8 Å². The zero-order valence-electron chi connectivity index (χ0n) is 9.40. The van der Waals surface area contributed by atoms with Gasteiger partial charge in [-0.25, -0.2) is 0 Å². The predicted octanol–water partition coefficient (Wildman–Crippen LogP) is 3.35. The Morgan fingerprint density at radius 2 is 1.93 bits per heavy atom. The van der Waals surface area contributed by atoms with Crippen molar-refractivity contribution in [2.45, 2.75) is 51.7 Å². The van der Waals surface area contributed by atoms with Crippen molar-refractivity contribution in [3.8, 4) is 0 Å². The molecule has 4 heteroatoms. The fourth-order valence-electron chi connectivity index (χ4n) is 1.98. The summed E-state index contributed by atoms with van der Waals surface area (Å²) in [6.07, 6.45) is -0.969. The maximum absolute atomic E-state index is 12.3. The molecule has 90 valence electrons. The second-order valence-electron chi connectivity index (χ2n) is 4.89. The fourth-order valence-corrected chi connectivity index (χ4v) is 1.98. The quantitative estimate of drug-likeness (QED) is 0.773. The Bertz CT molecular complexity index is 181. The van der Waals surface area contributed by atoms with Gasteiger partial charge in [-0.2, -0.15) is 13.2 Å². The molecule has 1 fully saturated rings. The molecule has 1 rings (SSSR count). The third-order valence-corrected chi connectivity index (χ3v) is 3.07. The van der Waals surface area contributed by atoms with Crippen molar-refractivity contribution in [2.24, 2.45) is 11.8 Å². The summed E-state index contributed by atoms with van der Waals surface area (Å²) >= 11 is 0. The van der Waals surface area contributed by atoms with Crippen LogP contribution in [-0.4, -0.2) is 18.8 Å². The van der Waals surface area contributed by atoms with Crippen LogP contribution < -0.4 is 5.32 Å². The first kappa shape index (κ1) is 12.8. The summed E-state index contributed by atoms with van der Waals surface area (Å²) in [5.41, 5.74) is 0. The largest absolute Gasteiger partial charge is 0.393 e. The summed E-state index contributed by atoms with van der Waals surface area (Å²) in [6, 6.07) is 0.297. The Hall–Kier alpha value is -0.250.